The smallest absolute Gasteiger partial charge is 0.324 e. The Labute approximate surface area is 343 Å². The molecule has 2 amide bonds. The predicted molar refractivity (Wildman–Crippen MR) is 219 cm³/mol. The van der Waals surface area contributed by atoms with Gasteiger partial charge >= 0.3 is 6.03 Å². The monoisotopic (exact) mass is 822 g/mol. The van der Waals surface area contributed by atoms with Crippen molar-refractivity contribution in [3.8, 4) is 17.2 Å². The summed E-state index contributed by atoms with van der Waals surface area (Å²) in [6, 6.07) is 23.7. The molecule has 8 nitrogen and oxygen atoms in total. The molecule has 10 rings (SSSR count). The maximum absolute atomic E-state index is 17.3. The van der Waals surface area contributed by atoms with Crippen LogP contribution in [0, 0.1) is 41.6 Å². The molecule has 3 saturated heterocycles. The number of ether oxygens (including phenoxy) is 1. The quantitative estimate of drug-likeness (QED) is 0.157. The van der Waals surface area contributed by atoms with Crippen LogP contribution in [0.5, 0.6) is 0 Å². The van der Waals surface area contributed by atoms with E-state index in [1.807, 2.05) is 43.3 Å². The first kappa shape index (κ1) is 38.4. The summed E-state index contributed by atoms with van der Waals surface area (Å²) >= 11 is 13.1. The van der Waals surface area contributed by atoms with Crippen LogP contribution in [-0.2, 0) is 17.8 Å². The number of nitrogens with one attached hydrogen (secondary N) is 1. The Bertz CT molecular complexity index is 2620. The number of benzene rings is 4. The van der Waals surface area contributed by atoms with Gasteiger partial charge in [-0.3, -0.25) is 4.90 Å². The SMILES string of the molecule is Cc1nc2c(F)c(-c3cccc(Cl)c3Cl)c(CCC#N)cc2c2c1cc([C@H]1C[C@H](OCc3c(F)cccc3F)CN1C(=O)N(C)c1ccccc1)n2[C@H]1[C@H]2CN[C@@H]1C2. The highest BCUT2D eigenvalue weighted by Gasteiger charge is 2.50. The van der Waals surface area contributed by atoms with Crippen molar-refractivity contribution in [2.75, 3.05) is 25.0 Å². The van der Waals surface area contributed by atoms with E-state index >= 15 is 4.39 Å². The summed E-state index contributed by atoms with van der Waals surface area (Å²) in [5.41, 5.74) is 4.22. The van der Waals surface area contributed by atoms with E-state index in [1.54, 1.807) is 35.0 Å². The third-order valence-electron chi connectivity index (χ3n) is 12.2. The lowest BCUT2D eigenvalue weighted by atomic mass is 9.79. The van der Waals surface area contributed by atoms with E-state index in [-0.39, 0.29) is 70.8 Å². The van der Waals surface area contributed by atoms with Gasteiger partial charge in [-0.05, 0) is 73.7 Å². The molecule has 5 heterocycles. The number of likely N-dealkylation sites (tertiary alicyclic amines) is 1. The Kier molecular flexibility index (Phi) is 10.1. The van der Waals surface area contributed by atoms with E-state index in [1.165, 1.54) is 18.2 Å². The van der Waals surface area contributed by atoms with Gasteiger partial charge in [-0.15, -0.1) is 0 Å². The molecule has 0 unspecified atom stereocenters. The molecule has 4 fully saturated rings. The Morgan fingerprint density at radius 3 is 2.48 bits per heavy atom. The van der Waals surface area contributed by atoms with Gasteiger partial charge in [0.05, 0.1) is 46.4 Å². The molecule has 3 aliphatic heterocycles. The number of hydrogen-bond donors (Lipinski definition) is 1. The number of rotatable bonds is 9. The zero-order chi connectivity index (χ0) is 40.4. The summed E-state index contributed by atoms with van der Waals surface area (Å²) in [7, 11) is 1.72. The Hall–Kier alpha value is -5.12. The van der Waals surface area contributed by atoms with Gasteiger partial charge in [-0.25, -0.2) is 22.9 Å². The zero-order valence-electron chi connectivity index (χ0n) is 31.8. The Morgan fingerprint density at radius 2 is 1.78 bits per heavy atom. The minimum Gasteiger partial charge on any atom is -0.371 e. The van der Waals surface area contributed by atoms with Gasteiger partial charge in [0, 0.05) is 83.6 Å². The molecule has 2 bridgehead atoms. The largest absolute Gasteiger partial charge is 0.371 e. The fraction of sp³-hybridized carbons (Fsp3) is 0.311. The first-order chi connectivity index (χ1) is 28.0. The molecule has 2 aromatic heterocycles. The number of anilines is 1. The average molecular weight is 824 g/mol. The minimum atomic E-state index is -0.698. The van der Waals surface area contributed by atoms with Crippen molar-refractivity contribution in [3.05, 3.63) is 129 Å². The highest BCUT2D eigenvalue weighted by Crippen LogP contribution is 2.51. The number of amides is 2. The van der Waals surface area contributed by atoms with E-state index in [4.69, 9.17) is 32.9 Å². The highest BCUT2D eigenvalue weighted by atomic mass is 35.5. The maximum Gasteiger partial charge on any atom is 0.324 e. The second kappa shape index (κ2) is 15.2. The molecule has 296 valence electrons. The number of nitrogens with zero attached hydrogens (tertiary/aromatic N) is 5. The number of pyridine rings is 1. The molecule has 4 aliphatic rings. The van der Waals surface area contributed by atoms with Crippen LogP contribution in [0.25, 0.3) is 32.9 Å². The van der Waals surface area contributed by atoms with Crippen LogP contribution < -0.4 is 10.2 Å². The van der Waals surface area contributed by atoms with Gasteiger partial charge in [0.1, 0.15) is 17.2 Å². The molecule has 6 aromatic rings. The molecular formula is C45H39Cl2F3N6O2. The van der Waals surface area contributed by atoms with Crippen molar-refractivity contribution in [2.24, 2.45) is 5.92 Å². The van der Waals surface area contributed by atoms with Gasteiger partial charge in [0.2, 0.25) is 0 Å². The van der Waals surface area contributed by atoms with Crippen molar-refractivity contribution >= 4 is 56.7 Å². The molecule has 4 aromatic carbocycles. The third-order valence-corrected chi connectivity index (χ3v) is 13.1. The van der Waals surface area contributed by atoms with E-state index in [9.17, 15) is 18.8 Å². The van der Waals surface area contributed by atoms with Gasteiger partial charge in [-0.1, -0.05) is 59.6 Å². The number of carbonyl (C=O) groups is 1. The second-order valence-corrected chi connectivity index (χ2v) is 16.3. The molecule has 13 heteroatoms. The molecule has 1 N–H and O–H groups in total. The molecule has 58 heavy (non-hydrogen) atoms. The van der Waals surface area contributed by atoms with Crippen molar-refractivity contribution in [3.63, 3.8) is 0 Å². The first-order valence-corrected chi connectivity index (χ1v) is 20.2. The maximum atomic E-state index is 17.3. The number of urea groups is 1. The van der Waals surface area contributed by atoms with Crippen molar-refractivity contribution in [2.45, 2.75) is 63.4 Å². The zero-order valence-corrected chi connectivity index (χ0v) is 33.3. The van der Waals surface area contributed by atoms with Crippen molar-refractivity contribution in [1.29, 1.82) is 5.26 Å². The summed E-state index contributed by atoms with van der Waals surface area (Å²) in [4.78, 5) is 22.9. The van der Waals surface area contributed by atoms with Crippen molar-refractivity contribution < 1.29 is 22.7 Å². The molecule has 1 saturated carbocycles. The Balaban J connectivity index is 1.23. The van der Waals surface area contributed by atoms with Gasteiger partial charge in [0.25, 0.3) is 0 Å². The van der Waals surface area contributed by atoms with Gasteiger partial charge < -0.3 is 19.5 Å². The number of aryl methyl sites for hydroxylation is 2. The summed E-state index contributed by atoms with van der Waals surface area (Å²) < 4.78 is 55.3. The normalized spacial score (nSPS) is 21.1. The molecule has 5 atom stereocenters. The van der Waals surface area contributed by atoms with Crippen LogP contribution in [0.4, 0.5) is 23.7 Å². The van der Waals surface area contributed by atoms with Gasteiger partial charge in [-0.2, -0.15) is 5.26 Å². The number of nitriles is 1. The topological polar surface area (TPSA) is 86.4 Å². The molecule has 1 aliphatic carbocycles. The fourth-order valence-electron chi connectivity index (χ4n) is 9.33. The van der Waals surface area contributed by atoms with E-state index in [0.717, 1.165) is 29.6 Å². The predicted octanol–water partition coefficient (Wildman–Crippen LogP) is 10.5. The number of hydrogen-bond acceptors (Lipinski definition) is 5. The standard InChI is InChI=1S/C45H39Cl2F3N6O2/c1-24-30-20-38(37-19-28(58-23-32-34(48)14-7-15-35(32)49)22-55(37)45(57)54(2)27-10-4-3-5-11-27)56(43-26-18-36(43)52-21-26)44(30)31-17-25(9-8-16-51)39(41(50)42(31)53-24)29-12-6-13-33(46)40(29)47/h3-7,10-15,17,20,26,28,36-37,43,52H,8-9,18-19,21-23H2,1-2H3/t26-,28+,36-,37-,43+/m1/s1. The highest BCUT2D eigenvalue weighted by molar-refractivity contribution is 6.43. The lowest BCUT2D eigenvalue weighted by Crippen LogP contribution is -2.43. The van der Waals surface area contributed by atoms with Crippen LogP contribution in [0.15, 0.2) is 78.9 Å². The van der Waals surface area contributed by atoms with E-state index in [2.05, 4.69) is 22.0 Å². The van der Waals surface area contributed by atoms with E-state index < -0.39 is 29.6 Å². The van der Waals surface area contributed by atoms with Crippen molar-refractivity contribution in [1.82, 2.24) is 19.8 Å². The number of fused-ring (bicyclic) bond motifs is 4. The molecule has 0 spiro atoms. The fourth-order valence-corrected chi connectivity index (χ4v) is 9.73. The lowest BCUT2D eigenvalue weighted by Gasteiger charge is -2.39. The van der Waals surface area contributed by atoms with Crippen LogP contribution in [-0.4, -0.2) is 52.8 Å². The van der Waals surface area contributed by atoms with Crippen LogP contribution in [0.2, 0.25) is 10.0 Å². The van der Waals surface area contributed by atoms with Crippen LogP contribution >= 0.6 is 23.2 Å². The first-order valence-electron chi connectivity index (χ1n) is 19.4. The average Bonchev–Trinajstić information content (AvgIpc) is 4.03. The summed E-state index contributed by atoms with van der Waals surface area (Å²) in [6.45, 7) is 2.54. The second-order valence-electron chi connectivity index (χ2n) is 15.5. The Morgan fingerprint density at radius 1 is 1.02 bits per heavy atom. The summed E-state index contributed by atoms with van der Waals surface area (Å²) in [5.74, 6) is -1.66. The number of carbonyl (C=O) groups excluding carboxylic acids is 1. The minimum absolute atomic E-state index is 0.00135. The lowest BCUT2D eigenvalue weighted by molar-refractivity contribution is 0.0452. The van der Waals surface area contributed by atoms with Gasteiger partial charge in [0.15, 0.2) is 5.82 Å². The number of halogens is 5. The number of para-hydroxylation sites is 1. The number of aromatic nitrogens is 2. The third kappa shape index (κ3) is 6.38. The van der Waals surface area contributed by atoms with E-state index in [0.29, 0.717) is 40.2 Å². The summed E-state index contributed by atoms with van der Waals surface area (Å²) in [6.07, 6.45) is 1.18. The van der Waals surface area contributed by atoms with Crippen LogP contribution in [0.3, 0.4) is 0 Å². The van der Waals surface area contributed by atoms with Crippen LogP contribution in [0.1, 0.15) is 53.9 Å². The summed E-state index contributed by atoms with van der Waals surface area (Å²) in [5, 5.41) is 15.2. The molecular weight excluding hydrogens is 784 g/mol. The molecule has 0 radical (unpaired) electrons.